The van der Waals surface area contributed by atoms with Gasteiger partial charge in [-0.2, -0.15) is 0 Å². The van der Waals surface area contributed by atoms with Gasteiger partial charge >= 0.3 is 17.9 Å². The Hall–Kier alpha value is -1.59. The smallest absolute Gasteiger partial charge is 0.306 e. The molecule has 0 aromatic rings. The van der Waals surface area contributed by atoms with E-state index in [0.29, 0.717) is 19.3 Å². The van der Waals surface area contributed by atoms with E-state index < -0.39 is 6.10 Å². The van der Waals surface area contributed by atoms with E-state index in [1.807, 2.05) is 0 Å². The van der Waals surface area contributed by atoms with Crippen molar-refractivity contribution in [1.29, 1.82) is 0 Å². The fraction of sp³-hybridized carbons (Fsp3) is 0.945. The zero-order valence-electron chi connectivity index (χ0n) is 41.5. The molecule has 0 saturated heterocycles. The molecule has 0 fully saturated rings. The van der Waals surface area contributed by atoms with Gasteiger partial charge in [0.05, 0.1) is 0 Å². The number of rotatable bonds is 51. The van der Waals surface area contributed by atoms with Gasteiger partial charge in [-0.1, -0.05) is 278 Å². The zero-order chi connectivity index (χ0) is 44.4. The van der Waals surface area contributed by atoms with Crippen molar-refractivity contribution in [3.63, 3.8) is 0 Å². The highest BCUT2D eigenvalue weighted by atomic mass is 16.6. The lowest BCUT2D eigenvalue weighted by atomic mass is 10.0. The van der Waals surface area contributed by atoms with E-state index in [1.54, 1.807) is 0 Å². The van der Waals surface area contributed by atoms with E-state index in [4.69, 9.17) is 14.2 Å². The molecule has 0 rings (SSSR count). The Morgan fingerprint density at radius 2 is 0.443 bits per heavy atom. The maximum Gasteiger partial charge on any atom is 0.306 e. The van der Waals surface area contributed by atoms with Crippen LogP contribution < -0.4 is 0 Å². The van der Waals surface area contributed by atoms with Gasteiger partial charge in [0.2, 0.25) is 0 Å². The summed E-state index contributed by atoms with van der Waals surface area (Å²) in [4.78, 5) is 37.7. The lowest BCUT2D eigenvalue weighted by Gasteiger charge is -2.18. The van der Waals surface area contributed by atoms with Gasteiger partial charge in [-0.15, -0.1) is 0 Å². The maximum atomic E-state index is 12.7. The van der Waals surface area contributed by atoms with Crippen molar-refractivity contribution < 1.29 is 28.6 Å². The molecule has 0 radical (unpaired) electrons. The molecule has 0 heterocycles. The molecular formula is C55H106O6. The molecular weight excluding hydrogens is 757 g/mol. The third-order valence-corrected chi connectivity index (χ3v) is 12.6. The van der Waals surface area contributed by atoms with Crippen LogP contribution in [0, 0.1) is 0 Å². The van der Waals surface area contributed by atoms with Crippen LogP contribution in [0.1, 0.15) is 316 Å². The van der Waals surface area contributed by atoms with Gasteiger partial charge in [0.1, 0.15) is 13.2 Å². The predicted octanol–water partition coefficient (Wildman–Crippen LogP) is 18.0. The summed E-state index contributed by atoms with van der Waals surface area (Å²) in [5.41, 5.74) is 0. The Kier molecular flexibility index (Phi) is 49.7. The third kappa shape index (κ3) is 49.3. The van der Waals surface area contributed by atoms with Gasteiger partial charge in [0, 0.05) is 19.3 Å². The second-order valence-corrected chi connectivity index (χ2v) is 18.9. The maximum absolute atomic E-state index is 12.7. The highest BCUT2D eigenvalue weighted by Gasteiger charge is 2.19. The first kappa shape index (κ1) is 59.4. The largest absolute Gasteiger partial charge is 0.462 e. The van der Waals surface area contributed by atoms with Crippen LogP contribution in [0.4, 0.5) is 0 Å². The Balaban J connectivity index is 4.01. The molecule has 0 aliphatic rings. The topological polar surface area (TPSA) is 78.9 Å². The SMILES string of the molecule is CCCCCCCCCCCCCCCCCCCCCCCCCC(=O)OCC(COC(=O)CCCCCCC)OC(=O)CCCCCCCCCCCCCCCCC. The molecule has 0 aliphatic heterocycles. The standard InChI is InChI=1S/C55H106O6/c1-4-7-10-13-15-17-19-21-23-24-25-26-27-28-29-30-32-33-35-37-39-42-45-48-54(57)60-51-52(50-59-53(56)47-44-41-12-9-6-3)61-55(58)49-46-43-40-38-36-34-31-22-20-18-16-14-11-8-5-2/h52H,4-51H2,1-3H3. The molecule has 0 bridgehead atoms. The van der Waals surface area contributed by atoms with Crippen LogP contribution in [0.2, 0.25) is 0 Å². The highest BCUT2D eigenvalue weighted by molar-refractivity contribution is 5.71. The lowest BCUT2D eigenvalue weighted by molar-refractivity contribution is -0.167. The molecule has 1 unspecified atom stereocenters. The number of carbonyl (C=O) groups excluding carboxylic acids is 3. The second kappa shape index (κ2) is 51.0. The van der Waals surface area contributed by atoms with E-state index in [-0.39, 0.29) is 31.1 Å². The van der Waals surface area contributed by atoms with Gasteiger partial charge in [0.15, 0.2) is 6.10 Å². The summed E-state index contributed by atoms with van der Waals surface area (Å²) >= 11 is 0. The molecule has 0 aromatic carbocycles. The van der Waals surface area contributed by atoms with Crippen molar-refractivity contribution >= 4 is 17.9 Å². The minimum atomic E-state index is -0.758. The molecule has 0 saturated carbocycles. The molecule has 6 heteroatoms. The van der Waals surface area contributed by atoms with E-state index in [0.717, 1.165) is 64.2 Å². The summed E-state index contributed by atoms with van der Waals surface area (Å²) in [5, 5.41) is 0. The molecule has 0 aromatic heterocycles. The molecule has 6 nitrogen and oxygen atoms in total. The van der Waals surface area contributed by atoms with E-state index in [2.05, 4.69) is 20.8 Å². The summed E-state index contributed by atoms with van der Waals surface area (Å²) in [6.45, 7) is 6.61. The minimum Gasteiger partial charge on any atom is -0.462 e. The molecule has 0 N–H and O–H groups in total. The number of carbonyl (C=O) groups is 3. The van der Waals surface area contributed by atoms with Crippen LogP contribution in [0.25, 0.3) is 0 Å². The average molecular weight is 863 g/mol. The van der Waals surface area contributed by atoms with Crippen molar-refractivity contribution in [3.05, 3.63) is 0 Å². The monoisotopic (exact) mass is 863 g/mol. The van der Waals surface area contributed by atoms with Gasteiger partial charge in [-0.25, -0.2) is 0 Å². The van der Waals surface area contributed by atoms with Gasteiger partial charge < -0.3 is 14.2 Å². The van der Waals surface area contributed by atoms with Crippen molar-refractivity contribution in [3.8, 4) is 0 Å². The first-order valence-electron chi connectivity index (χ1n) is 27.5. The fourth-order valence-corrected chi connectivity index (χ4v) is 8.45. The van der Waals surface area contributed by atoms with E-state index >= 15 is 0 Å². The van der Waals surface area contributed by atoms with Crippen molar-refractivity contribution in [2.45, 2.75) is 322 Å². The summed E-state index contributed by atoms with van der Waals surface area (Å²) < 4.78 is 16.7. The van der Waals surface area contributed by atoms with Crippen LogP contribution in [0.15, 0.2) is 0 Å². The Bertz CT molecular complexity index is 905. The summed E-state index contributed by atoms with van der Waals surface area (Å²) in [6, 6.07) is 0. The van der Waals surface area contributed by atoms with Crippen LogP contribution in [-0.4, -0.2) is 37.2 Å². The lowest BCUT2D eigenvalue weighted by Crippen LogP contribution is -2.30. The molecule has 61 heavy (non-hydrogen) atoms. The molecule has 0 spiro atoms. The van der Waals surface area contributed by atoms with Gasteiger partial charge in [0.25, 0.3) is 0 Å². The van der Waals surface area contributed by atoms with Crippen molar-refractivity contribution in [2.24, 2.45) is 0 Å². The number of hydrogen-bond donors (Lipinski definition) is 0. The van der Waals surface area contributed by atoms with E-state index in [1.165, 1.54) is 212 Å². The fourth-order valence-electron chi connectivity index (χ4n) is 8.45. The number of esters is 3. The number of hydrogen-bond acceptors (Lipinski definition) is 6. The van der Waals surface area contributed by atoms with Crippen molar-refractivity contribution in [1.82, 2.24) is 0 Å². The molecule has 0 amide bonds. The van der Waals surface area contributed by atoms with Crippen molar-refractivity contribution in [2.75, 3.05) is 13.2 Å². The normalized spacial score (nSPS) is 11.9. The van der Waals surface area contributed by atoms with E-state index in [9.17, 15) is 14.4 Å². The minimum absolute atomic E-state index is 0.0629. The Morgan fingerprint density at radius 1 is 0.262 bits per heavy atom. The first-order valence-corrected chi connectivity index (χ1v) is 27.5. The third-order valence-electron chi connectivity index (χ3n) is 12.6. The van der Waals surface area contributed by atoms with Gasteiger partial charge in [-0.05, 0) is 19.3 Å². The molecule has 1 atom stereocenters. The summed E-state index contributed by atoms with van der Waals surface area (Å²) in [6.07, 6.45) is 55.7. The highest BCUT2D eigenvalue weighted by Crippen LogP contribution is 2.17. The number of ether oxygens (including phenoxy) is 3. The summed E-state index contributed by atoms with van der Waals surface area (Å²) in [7, 11) is 0. The average Bonchev–Trinajstić information content (AvgIpc) is 3.26. The second-order valence-electron chi connectivity index (χ2n) is 18.9. The predicted molar refractivity (Wildman–Crippen MR) is 261 cm³/mol. The zero-order valence-corrected chi connectivity index (χ0v) is 41.5. The molecule has 0 aliphatic carbocycles. The van der Waals surface area contributed by atoms with Crippen LogP contribution >= 0.6 is 0 Å². The van der Waals surface area contributed by atoms with Crippen LogP contribution in [0.5, 0.6) is 0 Å². The quantitative estimate of drug-likeness (QED) is 0.0344. The Morgan fingerprint density at radius 3 is 0.656 bits per heavy atom. The van der Waals surface area contributed by atoms with Crippen LogP contribution in [-0.2, 0) is 28.6 Å². The molecule has 362 valence electrons. The first-order chi connectivity index (χ1) is 30.0. The van der Waals surface area contributed by atoms with Crippen LogP contribution in [0.3, 0.4) is 0 Å². The summed E-state index contributed by atoms with van der Waals surface area (Å²) in [5.74, 6) is -0.855. The Labute approximate surface area is 380 Å². The number of unbranched alkanes of at least 4 members (excludes halogenated alkanes) is 40. The van der Waals surface area contributed by atoms with Gasteiger partial charge in [-0.3, -0.25) is 14.4 Å².